The molecule has 66 heavy (non-hydrogen) atoms. The van der Waals surface area contributed by atoms with Gasteiger partial charge < -0.3 is 18.8 Å². The van der Waals surface area contributed by atoms with Gasteiger partial charge in [0, 0.05) is 56.2 Å². The Morgan fingerprint density at radius 3 is 1.14 bits per heavy atom. The molecule has 308 valence electrons. The molecule has 10 aromatic carbocycles. The van der Waals surface area contributed by atoms with Gasteiger partial charge in [-0.3, -0.25) is 0 Å². The van der Waals surface area contributed by atoms with E-state index >= 15 is 0 Å². The van der Waals surface area contributed by atoms with Crippen LogP contribution in [0, 0.1) is 0 Å². The molecule has 11 aromatic rings. The summed E-state index contributed by atoms with van der Waals surface area (Å²) in [7, 11) is 0. The van der Waals surface area contributed by atoms with Crippen molar-refractivity contribution in [2.24, 2.45) is 0 Å². The lowest BCUT2D eigenvalue weighted by Gasteiger charge is -2.39. The van der Waals surface area contributed by atoms with E-state index in [1.807, 2.05) is 12.1 Å². The fourth-order valence-corrected chi connectivity index (χ4v) is 12.3. The van der Waals surface area contributed by atoms with Crippen molar-refractivity contribution in [2.75, 3.05) is 4.90 Å². The van der Waals surface area contributed by atoms with Crippen LogP contribution in [0.1, 0.15) is 44.5 Å². The van der Waals surface area contributed by atoms with E-state index in [0.717, 1.165) is 84.3 Å². The van der Waals surface area contributed by atoms with Crippen molar-refractivity contribution < 1.29 is 13.9 Å². The van der Waals surface area contributed by atoms with Gasteiger partial charge in [0.2, 0.25) is 0 Å². The number of rotatable bonds is 3. The van der Waals surface area contributed by atoms with E-state index in [0.29, 0.717) is 0 Å². The molecule has 0 bridgehead atoms. The second-order valence-corrected chi connectivity index (χ2v) is 17.9. The lowest BCUT2D eigenvalue weighted by Crippen LogP contribution is -2.32. The topological polar surface area (TPSA) is 34.8 Å². The van der Waals surface area contributed by atoms with Gasteiger partial charge in [0.25, 0.3) is 0 Å². The third-order valence-corrected chi connectivity index (χ3v) is 14.8. The molecule has 2 aliphatic heterocycles. The van der Waals surface area contributed by atoms with E-state index in [1.165, 1.54) is 44.5 Å². The molecule has 0 amide bonds. The molecule has 0 saturated heterocycles. The average molecular weight is 844 g/mol. The van der Waals surface area contributed by atoms with E-state index in [9.17, 15) is 0 Å². The Kier molecular flexibility index (Phi) is 7.05. The van der Waals surface area contributed by atoms with Gasteiger partial charge in [-0.2, -0.15) is 0 Å². The molecule has 1 aromatic heterocycles. The van der Waals surface area contributed by atoms with Crippen molar-refractivity contribution >= 4 is 39.0 Å². The third kappa shape index (κ3) is 4.48. The first kappa shape index (κ1) is 35.8. The van der Waals surface area contributed by atoms with Gasteiger partial charge >= 0.3 is 0 Å². The Labute approximate surface area is 381 Å². The summed E-state index contributed by atoms with van der Waals surface area (Å²) < 4.78 is 19.9. The summed E-state index contributed by atoms with van der Waals surface area (Å²) in [6, 6.07) is 81.2. The smallest absolute Gasteiger partial charge is 0.137 e. The molecule has 4 nitrogen and oxygen atoms in total. The zero-order valence-electron chi connectivity index (χ0n) is 35.5. The first-order chi connectivity index (χ1) is 32.7. The largest absolute Gasteiger partial charge is 0.457 e. The van der Waals surface area contributed by atoms with Crippen molar-refractivity contribution in [1.82, 2.24) is 0 Å². The molecular formula is C62H37NO3. The van der Waals surface area contributed by atoms with Crippen LogP contribution in [-0.2, 0) is 10.8 Å². The van der Waals surface area contributed by atoms with Crippen LogP contribution >= 0.6 is 0 Å². The lowest BCUT2D eigenvalue weighted by molar-refractivity contribution is 0.436. The van der Waals surface area contributed by atoms with Gasteiger partial charge in [0.15, 0.2) is 0 Å². The zero-order valence-corrected chi connectivity index (χ0v) is 35.5. The summed E-state index contributed by atoms with van der Waals surface area (Å²) in [5.41, 5.74) is 18.1. The maximum atomic E-state index is 6.65. The minimum atomic E-state index is -0.560. The Bertz CT molecular complexity index is 3590. The Morgan fingerprint density at radius 1 is 0.273 bits per heavy atom. The van der Waals surface area contributed by atoms with Crippen molar-refractivity contribution in [3.63, 3.8) is 0 Å². The van der Waals surface area contributed by atoms with Gasteiger partial charge in [-0.15, -0.1) is 0 Å². The summed E-state index contributed by atoms with van der Waals surface area (Å²) in [5.74, 6) is 3.54. The van der Waals surface area contributed by atoms with Gasteiger partial charge in [0.1, 0.15) is 34.2 Å². The number of ether oxygens (including phenoxy) is 2. The molecule has 0 saturated carbocycles. The molecule has 2 spiro atoms. The minimum Gasteiger partial charge on any atom is -0.457 e. The number of benzene rings is 10. The number of para-hydroxylation sites is 5. The third-order valence-electron chi connectivity index (χ3n) is 14.8. The number of furan rings is 1. The summed E-state index contributed by atoms with van der Waals surface area (Å²) in [6.45, 7) is 0. The normalized spacial score (nSPS) is 14.5. The molecule has 0 fully saturated rings. The van der Waals surface area contributed by atoms with Gasteiger partial charge in [-0.05, 0) is 111 Å². The van der Waals surface area contributed by atoms with E-state index in [-0.39, 0.29) is 0 Å². The summed E-state index contributed by atoms with van der Waals surface area (Å²) in [4.78, 5) is 2.41. The van der Waals surface area contributed by atoms with E-state index in [4.69, 9.17) is 13.9 Å². The van der Waals surface area contributed by atoms with Crippen molar-refractivity contribution in [2.45, 2.75) is 10.8 Å². The Hall–Kier alpha value is -8.60. The van der Waals surface area contributed by atoms with Crippen LogP contribution in [0.2, 0.25) is 0 Å². The second-order valence-electron chi connectivity index (χ2n) is 17.9. The molecule has 0 unspecified atom stereocenters. The van der Waals surface area contributed by atoms with E-state index < -0.39 is 10.8 Å². The van der Waals surface area contributed by atoms with Gasteiger partial charge in [-0.1, -0.05) is 152 Å². The van der Waals surface area contributed by atoms with Crippen LogP contribution in [0.3, 0.4) is 0 Å². The molecule has 4 heteroatoms. The van der Waals surface area contributed by atoms with Crippen LogP contribution < -0.4 is 14.4 Å². The first-order valence-electron chi connectivity index (χ1n) is 22.7. The molecule has 0 N–H and O–H groups in total. The van der Waals surface area contributed by atoms with Crippen molar-refractivity contribution in [3.05, 3.63) is 269 Å². The summed E-state index contributed by atoms with van der Waals surface area (Å²) in [6.07, 6.45) is 0. The van der Waals surface area contributed by atoms with E-state index in [1.54, 1.807) is 0 Å². The van der Waals surface area contributed by atoms with Crippen molar-refractivity contribution in [1.29, 1.82) is 0 Å². The van der Waals surface area contributed by atoms with Gasteiger partial charge in [0.05, 0.1) is 10.8 Å². The SMILES string of the molecule is c1ccc2c(c1)Oc1ccccc1C21c2ccccc2-c2cc(N(c3ccc4c(c3)-c3ccccc3C43c4ccccc4Oc4ccccc43)c3ccc4c(c3)oc3ccccc34)ccc21. The quantitative estimate of drug-likeness (QED) is 0.177. The molecule has 2 aliphatic carbocycles. The van der Waals surface area contributed by atoms with Crippen LogP contribution in [0.15, 0.2) is 229 Å². The molecule has 15 rings (SSSR count). The molecular weight excluding hydrogens is 807 g/mol. The zero-order chi connectivity index (χ0) is 43.1. The fourth-order valence-electron chi connectivity index (χ4n) is 12.3. The molecule has 3 heterocycles. The van der Waals surface area contributed by atoms with Crippen LogP contribution in [-0.4, -0.2) is 0 Å². The highest BCUT2D eigenvalue weighted by atomic mass is 16.5. The maximum absolute atomic E-state index is 6.65. The second kappa shape index (κ2) is 13.0. The van der Waals surface area contributed by atoms with Crippen LogP contribution in [0.5, 0.6) is 23.0 Å². The number of fused-ring (bicyclic) bond motifs is 21. The van der Waals surface area contributed by atoms with Crippen LogP contribution in [0.4, 0.5) is 17.1 Å². The molecule has 0 atom stereocenters. The average Bonchev–Trinajstić information content (AvgIpc) is 3.99. The number of hydrogen-bond donors (Lipinski definition) is 0. The highest BCUT2D eigenvalue weighted by Gasteiger charge is 2.53. The fraction of sp³-hybridized carbons (Fsp3) is 0.0323. The number of anilines is 3. The van der Waals surface area contributed by atoms with Crippen LogP contribution in [0.25, 0.3) is 44.2 Å². The van der Waals surface area contributed by atoms with Crippen molar-refractivity contribution in [3.8, 4) is 45.3 Å². The standard InChI is InChI=1S/C62H37NO3/c1-4-18-47-41(15-1)45-35-38(30-33-49(45)61(47)51-20-6-11-25-56(51)65-57-26-12-7-21-52(57)61)63(40-29-32-44-43-17-3-10-24-55(43)64-60(44)37-40)39-31-34-50-46(36-39)42-16-2-5-19-48(42)62(50)53-22-8-13-27-58(53)66-59-28-14-9-23-54(59)62/h1-37H. The first-order valence-corrected chi connectivity index (χ1v) is 22.7. The lowest BCUT2D eigenvalue weighted by atomic mass is 9.66. The summed E-state index contributed by atoms with van der Waals surface area (Å²) >= 11 is 0. The summed E-state index contributed by atoms with van der Waals surface area (Å²) in [5, 5.41) is 2.20. The monoisotopic (exact) mass is 843 g/mol. The Balaban J connectivity index is 0.989. The molecule has 0 radical (unpaired) electrons. The number of nitrogens with zero attached hydrogens (tertiary/aromatic N) is 1. The Morgan fingerprint density at radius 2 is 0.636 bits per heavy atom. The predicted octanol–water partition coefficient (Wildman–Crippen LogP) is 16.0. The highest BCUT2D eigenvalue weighted by Crippen LogP contribution is 2.64. The van der Waals surface area contributed by atoms with Gasteiger partial charge in [-0.25, -0.2) is 0 Å². The highest BCUT2D eigenvalue weighted by molar-refractivity contribution is 6.06. The predicted molar refractivity (Wildman–Crippen MR) is 263 cm³/mol. The van der Waals surface area contributed by atoms with E-state index in [2.05, 4.69) is 217 Å². The maximum Gasteiger partial charge on any atom is 0.137 e. The molecule has 4 aliphatic rings. The number of hydrogen-bond acceptors (Lipinski definition) is 4. The minimum absolute atomic E-state index is 0.560.